The normalized spacial score (nSPS) is 14.1. The summed E-state index contributed by atoms with van der Waals surface area (Å²) in [6.45, 7) is 4.05. The Bertz CT molecular complexity index is 352. The van der Waals surface area contributed by atoms with Crippen LogP contribution in [0.1, 0.15) is 11.1 Å². The quantitative estimate of drug-likeness (QED) is 0.862. The van der Waals surface area contributed by atoms with Gasteiger partial charge in [-0.1, -0.05) is 41.6 Å². The minimum absolute atomic E-state index is 0. The van der Waals surface area contributed by atoms with E-state index in [4.69, 9.17) is 0 Å². The van der Waals surface area contributed by atoms with Crippen LogP contribution in [0.2, 0.25) is 0 Å². The lowest BCUT2D eigenvalue weighted by Crippen LogP contribution is -2.14. The van der Waals surface area contributed by atoms with Crippen molar-refractivity contribution < 1.29 is 0 Å². The molecule has 0 saturated carbocycles. The largest absolute Gasteiger partial charge is 0.363 e. The van der Waals surface area contributed by atoms with Crippen LogP contribution in [-0.4, -0.2) is 18.3 Å². The van der Waals surface area contributed by atoms with Crippen molar-refractivity contribution in [1.82, 2.24) is 5.32 Å². The molecule has 0 amide bonds. The molecule has 0 spiro atoms. The van der Waals surface area contributed by atoms with Crippen LogP contribution in [0.15, 0.2) is 29.3 Å². The van der Waals surface area contributed by atoms with E-state index in [1.807, 2.05) is 0 Å². The van der Waals surface area contributed by atoms with E-state index in [0.717, 1.165) is 24.0 Å². The highest BCUT2D eigenvalue weighted by atomic mass is 35.5. The third-order valence-corrected chi connectivity index (χ3v) is 3.13. The second kappa shape index (κ2) is 6.03. The number of aryl methyl sites for hydroxylation is 1. The molecule has 0 atom stereocenters. The van der Waals surface area contributed by atoms with Gasteiger partial charge in [0.1, 0.15) is 0 Å². The standard InChI is InChI=1S/C11H14N2S.ClH/c1-9-3-2-4-10(7-9)8-14-11-12-5-6-13-11;/h2-4,7H,5-6,8H2,1H3,(H,12,13);1H. The Morgan fingerprint density at radius 2 is 2.33 bits per heavy atom. The summed E-state index contributed by atoms with van der Waals surface area (Å²) >= 11 is 1.78. The van der Waals surface area contributed by atoms with E-state index >= 15 is 0 Å². The highest BCUT2D eigenvalue weighted by Gasteiger charge is 2.05. The molecular formula is C11H15ClN2S. The molecular weight excluding hydrogens is 228 g/mol. The Labute approximate surface area is 101 Å². The minimum Gasteiger partial charge on any atom is -0.363 e. The topological polar surface area (TPSA) is 24.4 Å². The predicted molar refractivity (Wildman–Crippen MR) is 70.0 cm³/mol. The summed E-state index contributed by atoms with van der Waals surface area (Å²) in [5.41, 5.74) is 2.69. The van der Waals surface area contributed by atoms with Crippen molar-refractivity contribution in [3.63, 3.8) is 0 Å². The maximum Gasteiger partial charge on any atom is 0.157 e. The summed E-state index contributed by atoms with van der Waals surface area (Å²) < 4.78 is 0. The molecule has 0 aliphatic carbocycles. The third-order valence-electron chi connectivity index (χ3n) is 2.10. The number of hydrogen-bond acceptors (Lipinski definition) is 3. The maximum atomic E-state index is 4.34. The molecule has 1 aliphatic rings. The lowest BCUT2D eigenvalue weighted by molar-refractivity contribution is 0.963. The average Bonchev–Trinajstić information content (AvgIpc) is 2.67. The number of hydrogen-bond donors (Lipinski definition) is 1. The van der Waals surface area contributed by atoms with Gasteiger partial charge in [0.25, 0.3) is 0 Å². The summed E-state index contributed by atoms with van der Waals surface area (Å²) in [7, 11) is 0. The van der Waals surface area contributed by atoms with Crippen molar-refractivity contribution in [1.29, 1.82) is 0 Å². The minimum atomic E-state index is 0. The zero-order valence-corrected chi connectivity index (χ0v) is 10.3. The molecule has 2 rings (SSSR count). The van der Waals surface area contributed by atoms with Crippen LogP contribution in [-0.2, 0) is 5.75 Å². The smallest absolute Gasteiger partial charge is 0.157 e. The Morgan fingerprint density at radius 3 is 3.00 bits per heavy atom. The van der Waals surface area contributed by atoms with Crippen molar-refractivity contribution in [2.45, 2.75) is 12.7 Å². The molecule has 1 aliphatic heterocycles. The number of aliphatic imine (C=N–C) groups is 1. The van der Waals surface area contributed by atoms with E-state index in [2.05, 4.69) is 41.5 Å². The van der Waals surface area contributed by atoms with Gasteiger partial charge in [-0.25, -0.2) is 0 Å². The summed E-state index contributed by atoms with van der Waals surface area (Å²) in [4.78, 5) is 4.34. The fourth-order valence-corrected chi connectivity index (χ4v) is 2.30. The van der Waals surface area contributed by atoms with Crippen molar-refractivity contribution in [3.8, 4) is 0 Å². The molecule has 0 fully saturated rings. The molecule has 2 nitrogen and oxygen atoms in total. The van der Waals surface area contributed by atoms with Gasteiger partial charge >= 0.3 is 0 Å². The SMILES string of the molecule is Cc1cccc(CSC2=NCCN2)c1.Cl. The van der Waals surface area contributed by atoms with Crippen LogP contribution < -0.4 is 5.32 Å². The summed E-state index contributed by atoms with van der Waals surface area (Å²) in [6, 6.07) is 8.62. The highest BCUT2D eigenvalue weighted by molar-refractivity contribution is 8.13. The van der Waals surface area contributed by atoms with Crippen LogP contribution in [0.5, 0.6) is 0 Å². The third kappa shape index (κ3) is 3.76. The zero-order chi connectivity index (χ0) is 9.80. The van der Waals surface area contributed by atoms with E-state index in [-0.39, 0.29) is 12.4 Å². The van der Waals surface area contributed by atoms with Gasteiger partial charge in [0.2, 0.25) is 0 Å². The fourth-order valence-electron chi connectivity index (χ4n) is 1.43. The van der Waals surface area contributed by atoms with E-state index in [0.29, 0.717) is 0 Å². The monoisotopic (exact) mass is 242 g/mol. The first-order valence-corrected chi connectivity index (χ1v) is 5.80. The van der Waals surface area contributed by atoms with Crippen molar-refractivity contribution >= 4 is 29.3 Å². The van der Waals surface area contributed by atoms with E-state index in [1.165, 1.54) is 11.1 Å². The van der Waals surface area contributed by atoms with Crippen LogP contribution in [0.4, 0.5) is 0 Å². The lowest BCUT2D eigenvalue weighted by Gasteiger charge is -2.02. The van der Waals surface area contributed by atoms with Crippen LogP contribution in [0.3, 0.4) is 0 Å². The number of thioether (sulfide) groups is 1. The number of nitrogens with zero attached hydrogens (tertiary/aromatic N) is 1. The molecule has 1 aromatic rings. The van der Waals surface area contributed by atoms with Crippen LogP contribution in [0, 0.1) is 6.92 Å². The van der Waals surface area contributed by atoms with Gasteiger partial charge in [-0.3, -0.25) is 4.99 Å². The Balaban J connectivity index is 0.00000112. The summed E-state index contributed by atoms with van der Waals surface area (Å²) in [5.74, 6) is 1.01. The first-order chi connectivity index (χ1) is 6.84. The summed E-state index contributed by atoms with van der Waals surface area (Å²) in [5, 5.41) is 4.34. The first kappa shape index (κ1) is 12.4. The Kier molecular flexibility index (Phi) is 4.99. The Hall–Kier alpha value is -0.670. The Morgan fingerprint density at radius 1 is 1.47 bits per heavy atom. The van der Waals surface area contributed by atoms with E-state index < -0.39 is 0 Å². The van der Waals surface area contributed by atoms with E-state index in [1.54, 1.807) is 11.8 Å². The molecule has 0 saturated heterocycles. The molecule has 82 valence electrons. The van der Waals surface area contributed by atoms with Gasteiger partial charge in [0.15, 0.2) is 5.17 Å². The van der Waals surface area contributed by atoms with Gasteiger partial charge in [0.05, 0.1) is 6.54 Å². The number of halogens is 1. The predicted octanol–water partition coefficient (Wildman–Crippen LogP) is 2.61. The van der Waals surface area contributed by atoms with Crippen molar-refractivity contribution in [2.75, 3.05) is 13.1 Å². The van der Waals surface area contributed by atoms with Gasteiger partial charge in [-0.2, -0.15) is 0 Å². The van der Waals surface area contributed by atoms with Gasteiger partial charge in [-0.05, 0) is 12.5 Å². The van der Waals surface area contributed by atoms with Crippen LogP contribution in [0.25, 0.3) is 0 Å². The number of benzene rings is 1. The first-order valence-electron chi connectivity index (χ1n) is 4.81. The average molecular weight is 243 g/mol. The molecule has 0 unspecified atom stereocenters. The molecule has 1 aromatic carbocycles. The fraction of sp³-hybridized carbons (Fsp3) is 0.364. The summed E-state index contributed by atoms with van der Waals surface area (Å²) in [6.07, 6.45) is 0. The van der Waals surface area contributed by atoms with Gasteiger partial charge in [0, 0.05) is 12.3 Å². The molecule has 15 heavy (non-hydrogen) atoms. The second-order valence-electron chi connectivity index (χ2n) is 3.39. The van der Waals surface area contributed by atoms with Crippen molar-refractivity contribution in [3.05, 3.63) is 35.4 Å². The molecule has 0 aromatic heterocycles. The van der Waals surface area contributed by atoms with Crippen LogP contribution >= 0.6 is 24.2 Å². The van der Waals surface area contributed by atoms with E-state index in [9.17, 15) is 0 Å². The number of nitrogens with one attached hydrogen (secondary N) is 1. The number of amidine groups is 1. The zero-order valence-electron chi connectivity index (χ0n) is 8.69. The van der Waals surface area contributed by atoms with Crippen molar-refractivity contribution in [2.24, 2.45) is 4.99 Å². The molecule has 0 radical (unpaired) electrons. The second-order valence-corrected chi connectivity index (χ2v) is 4.36. The maximum absolute atomic E-state index is 4.34. The molecule has 4 heteroatoms. The van der Waals surface area contributed by atoms with Gasteiger partial charge < -0.3 is 5.32 Å². The molecule has 0 bridgehead atoms. The van der Waals surface area contributed by atoms with Gasteiger partial charge in [-0.15, -0.1) is 12.4 Å². The number of rotatable bonds is 2. The highest BCUT2D eigenvalue weighted by Crippen LogP contribution is 2.15. The molecule has 1 heterocycles. The molecule has 1 N–H and O–H groups in total. The lowest BCUT2D eigenvalue weighted by atomic mass is 10.2.